The first-order valence-corrected chi connectivity index (χ1v) is 10.4. The Bertz CT molecular complexity index is 903. The molecule has 1 saturated heterocycles. The number of ether oxygens (including phenoxy) is 1. The molecule has 2 fully saturated rings. The summed E-state index contributed by atoms with van der Waals surface area (Å²) in [5, 5.41) is 15.1. The van der Waals surface area contributed by atoms with Crippen molar-refractivity contribution in [2.45, 2.75) is 57.5 Å². The van der Waals surface area contributed by atoms with Crippen LogP contribution in [0.15, 0.2) is 18.3 Å². The SMILES string of the molecule is Cc1nc2c(OCC3CCCCC3)cccn2c1C(=O)N[C@@H]1CCN[C@@H]1C(=O)O. The second-order valence-corrected chi connectivity index (χ2v) is 8.07. The molecule has 2 atom stereocenters. The average molecular weight is 400 g/mol. The fraction of sp³-hybridized carbons (Fsp3) is 0.571. The Morgan fingerprint density at radius 3 is 2.86 bits per heavy atom. The molecule has 0 unspecified atom stereocenters. The van der Waals surface area contributed by atoms with Crippen molar-refractivity contribution in [2.24, 2.45) is 5.92 Å². The van der Waals surface area contributed by atoms with Gasteiger partial charge in [0.15, 0.2) is 11.4 Å². The molecule has 3 N–H and O–H groups in total. The minimum absolute atomic E-state index is 0.320. The molecule has 29 heavy (non-hydrogen) atoms. The molecule has 1 aliphatic heterocycles. The normalized spacial score (nSPS) is 22.7. The van der Waals surface area contributed by atoms with Crippen molar-refractivity contribution in [3.8, 4) is 5.75 Å². The summed E-state index contributed by atoms with van der Waals surface area (Å²) in [4.78, 5) is 28.9. The number of carboxylic acids is 1. The van der Waals surface area contributed by atoms with Gasteiger partial charge in [0.1, 0.15) is 11.7 Å². The summed E-state index contributed by atoms with van der Waals surface area (Å²) in [5.74, 6) is -0.0303. The van der Waals surface area contributed by atoms with Crippen LogP contribution in [-0.4, -0.2) is 51.6 Å². The van der Waals surface area contributed by atoms with E-state index in [4.69, 9.17) is 4.74 Å². The Morgan fingerprint density at radius 1 is 1.31 bits per heavy atom. The topological polar surface area (TPSA) is 105 Å². The van der Waals surface area contributed by atoms with Crippen molar-refractivity contribution >= 4 is 17.5 Å². The lowest BCUT2D eigenvalue weighted by molar-refractivity contribution is -0.139. The van der Waals surface area contributed by atoms with Crippen LogP contribution in [0.1, 0.15) is 54.7 Å². The van der Waals surface area contributed by atoms with E-state index in [0.29, 0.717) is 48.3 Å². The van der Waals surface area contributed by atoms with Crippen LogP contribution in [0.2, 0.25) is 0 Å². The Morgan fingerprint density at radius 2 is 2.10 bits per heavy atom. The van der Waals surface area contributed by atoms with E-state index in [1.807, 2.05) is 12.1 Å². The third kappa shape index (κ3) is 4.07. The van der Waals surface area contributed by atoms with Crippen LogP contribution in [0.3, 0.4) is 0 Å². The highest BCUT2D eigenvalue weighted by Gasteiger charge is 2.34. The molecule has 156 valence electrons. The maximum atomic E-state index is 12.9. The van der Waals surface area contributed by atoms with Gasteiger partial charge in [0, 0.05) is 6.20 Å². The summed E-state index contributed by atoms with van der Waals surface area (Å²) in [6, 6.07) is 2.51. The standard InChI is InChI=1S/C21H28N4O4/c1-13-18(20(26)24-15-9-10-22-17(15)21(27)28)25-11-5-8-16(19(25)23-13)29-12-14-6-3-2-4-7-14/h5,8,11,14-15,17,22H,2-4,6-7,9-10,12H2,1H3,(H,24,26)(H,27,28)/t15-,17+/m1/s1. The number of carbonyl (C=O) groups excluding carboxylic acids is 1. The molecule has 1 saturated carbocycles. The molecule has 4 rings (SSSR count). The van der Waals surface area contributed by atoms with Crippen molar-refractivity contribution in [2.75, 3.05) is 13.2 Å². The molecular weight excluding hydrogens is 372 g/mol. The molecule has 0 bridgehead atoms. The Labute approximate surface area is 169 Å². The molecule has 1 aliphatic carbocycles. The molecule has 8 heteroatoms. The van der Waals surface area contributed by atoms with Gasteiger partial charge >= 0.3 is 5.97 Å². The fourth-order valence-electron chi connectivity index (χ4n) is 4.46. The fourth-order valence-corrected chi connectivity index (χ4v) is 4.46. The summed E-state index contributed by atoms with van der Waals surface area (Å²) >= 11 is 0. The second kappa shape index (κ2) is 8.41. The largest absolute Gasteiger partial charge is 0.489 e. The zero-order valence-electron chi connectivity index (χ0n) is 16.7. The maximum Gasteiger partial charge on any atom is 0.322 e. The maximum absolute atomic E-state index is 12.9. The van der Waals surface area contributed by atoms with Crippen molar-refractivity contribution < 1.29 is 19.4 Å². The number of imidazole rings is 1. The second-order valence-electron chi connectivity index (χ2n) is 8.07. The summed E-state index contributed by atoms with van der Waals surface area (Å²) in [6.45, 7) is 3.02. The van der Waals surface area contributed by atoms with Crippen molar-refractivity contribution in [3.05, 3.63) is 29.7 Å². The molecule has 3 heterocycles. The van der Waals surface area contributed by atoms with E-state index in [1.54, 1.807) is 17.5 Å². The Balaban J connectivity index is 1.53. The lowest BCUT2D eigenvalue weighted by Gasteiger charge is -2.21. The van der Waals surface area contributed by atoms with Crippen LogP contribution in [0.25, 0.3) is 5.65 Å². The first kappa shape index (κ1) is 19.7. The number of hydrogen-bond acceptors (Lipinski definition) is 5. The number of carbonyl (C=O) groups is 2. The molecular formula is C21H28N4O4. The summed E-state index contributed by atoms with van der Waals surface area (Å²) in [6.07, 6.45) is 8.60. The van der Waals surface area contributed by atoms with Crippen molar-refractivity contribution in [1.29, 1.82) is 0 Å². The van der Waals surface area contributed by atoms with Gasteiger partial charge in [-0.2, -0.15) is 0 Å². The van der Waals surface area contributed by atoms with E-state index < -0.39 is 18.1 Å². The molecule has 8 nitrogen and oxygen atoms in total. The Kier molecular flexibility index (Phi) is 5.71. The third-order valence-corrected chi connectivity index (χ3v) is 6.01. The number of nitrogens with zero attached hydrogens (tertiary/aromatic N) is 2. The van der Waals surface area contributed by atoms with Gasteiger partial charge in [-0.25, -0.2) is 4.98 Å². The van der Waals surface area contributed by atoms with Gasteiger partial charge in [0.25, 0.3) is 5.91 Å². The van der Waals surface area contributed by atoms with E-state index >= 15 is 0 Å². The van der Waals surface area contributed by atoms with E-state index in [0.717, 1.165) is 0 Å². The predicted molar refractivity (Wildman–Crippen MR) is 107 cm³/mol. The smallest absolute Gasteiger partial charge is 0.322 e. The first-order chi connectivity index (χ1) is 14.0. The minimum Gasteiger partial charge on any atom is -0.489 e. The van der Waals surface area contributed by atoms with Gasteiger partial charge < -0.3 is 20.5 Å². The summed E-state index contributed by atoms with van der Waals surface area (Å²) in [5.41, 5.74) is 1.62. The van der Waals surface area contributed by atoms with Crippen molar-refractivity contribution in [3.63, 3.8) is 0 Å². The monoisotopic (exact) mass is 400 g/mol. The molecule has 2 aromatic heterocycles. The van der Waals surface area contributed by atoms with Gasteiger partial charge in [0.05, 0.1) is 18.3 Å². The molecule has 1 amide bonds. The number of pyridine rings is 1. The van der Waals surface area contributed by atoms with Crippen LogP contribution in [-0.2, 0) is 4.79 Å². The quantitative estimate of drug-likeness (QED) is 0.686. The van der Waals surface area contributed by atoms with Crippen LogP contribution in [0.5, 0.6) is 5.75 Å². The van der Waals surface area contributed by atoms with Crippen LogP contribution >= 0.6 is 0 Å². The first-order valence-electron chi connectivity index (χ1n) is 10.4. The number of aryl methyl sites for hydroxylation is 1. The van der Waals surface area contributed by atoms with Gasteiger partial charge in [-0.05, 0) is 50.8 Å². The highest BCUT2D eigenvalue weighted by Crippen LogP contribution is 2.27. The number of nitrogens with one attached hydrogen (secondary N) is 2. The van der Waals surface area contributed by atoms with Gasteiger partial charge in [-0.1, -0.05) is 19.3 Å². The van der Waals surface area contributed by atoms with Gasteiger partial charge in [-0.3, -0.25) is 14.0 Å². The number of aromatic nitrogens is 2. The van der Waals surface area contributed by atoms with Gasteiger partial charge in [0.2, 0.25) is 0 Å². The van der Waals surface area contributed by atoms with Crippen LogP contribution in [0.4, 0.5) is 0 Å². The number of carboxylic acid groups (broad SMARTS) is 1. The molecule has 0 radical (unpaired) electrons. The number of amides is 1. The zero-order chi connectivity index (χ0) is 20.4. The number of hydrogen-bond donors (Lipinski definition) is 3. The van der Waals surface area contributed by atoms with E-state index in [2.05, 4.69) is 15.6 Å². The molecule has 2 aliphatic rings. The predicted octanol–water partition coefficient (Wildman–Crippen LogP) is 2.15. The molecule has 2 aromatic rings. The van der Waals surface area contributed by atoms with Crippen LogP contribution < -0.4 is 15.4 Å². The average Bonchev–Trinajstić information content (AvgIpc) is 3.30. The third-order valence-electron chi connectivity index (χ3n) is 6.01. The van der Waals surface area contributed by atoms with E-state index in [1.165, 1.54) is 32.1 Å². The Hall–Kier alpha value is -2.61. The minimum atomic E-state index is -0.957. The van der Waals surface area contributed by atoms with E-state index in [-0.39, 0.29) is 5.91 Å². The van der Waals surface area contributed by atoms with E-state index in [9.17, 15) is 14.7 Å². The number of aliphatic carboxylic acids is 1. The summed E-state index contributed by atoms with van der Waals surface area (Å²) in [7, 11) is 0. The van der Waals surface area contributed by atoms with Crippen LogP contribution in [0, 0.1) is 12.8 Å². The van der Waals surface area contributed by atoms with Crippen molar-refractivity contribution in [1.82, 2.24) is 20.0 Å². The zero-order valence-corrected chi connectivity index (χ0v) is 16.7. The lowest BCUT2D eigenvalue weighted by atomic mass is 9.90. The molecule has 0 spiro atoms. The highest BCUT2D eigenvalue weighted by molar-refractivity contribution is 5.95. The number of rotatable bonds is 6. The highest BCUT2D eigenvalue weighted by atomic mass is 16.5. The molecule has 0 aromatic carbocycles. The number of fused-ring (bicyclic) bond motifs is 1. The van der Waals surface area contributed by atoms with Gasteiger partial charge in [-0.15, -0.1) is 0 Å². The lowest BCUT2D eigenvalue weighted by Crippen LogP contribution is -2.48. The summed E-state index contributed by atoms with van der Waals surface area (Å²) < 4.78 is 7.82.